The molecular weight excluding hydrogens is 613 g/mol. The predicted octanol–water partition coefficient (Wildman–Crippen LogP) is 5.85. The minimum atomic E-state index is -4.07. The molecule has 0 radical (unpaired) electrons. The second-order valence-corrected chi connectivity index (χ2v) is 13.4. The van der Waals surface area contributed by atoms with Gasteiger partial charge in [0, 0.05) is 47.2 Å². The number of aryl methyl sites for hydroxylation is 1. The third-order valence-corrected chi connectivity index (χ3v) is 10.1. The van der Waals surface area contributed by atoms with E-state index in [0.29, 0.717) is 40.1 Å². The van der Waals surface area contributed by atoms with Gasteiger partial charge in [0.05, 0.1) is 17.1 Å². The topological polar surface area (TPSA) is 119 Å². The summed E-state index contributed by atoms with van der Waals surface area (Å²) in [6.45, 7) is 2.28. The number of hydrogen-bond acceptors (Lipinski definition) is 7. The fourth-order valence-electron chi connectivity index (χ4n) is 6.14. The number of aldehydes is 1. The molecule has 11 heteroatoms. The molecule has 3 aromatic carbocycles. The Labute approximate surface area is 272 Å². The minimum absolute atomic E-state index is 0.0380. The van der Waals surface area contributed by atoms with Gasteiger partial charge in [0.25, 0.3) is 10.0 Å². The predicted molar refractivity (Wildman–Crippen MR) is 182 cm³/mol. The van der Waals surface area contributed by atoms with Crippen molar-refractivity contribution in [3.05, 3.63) is 109 Å². The van der Waals surface area contributed by atoms with E-state index in [1.165, 1.54) is 3.97 Å². The number of amides is 1. The highest BCUT2D eigenvalue weighted by molar-refractivity contribution is 7.90. The average Bonchev–Trinajstić information content (AvgIpc) is 3.84. The Morgan fingerprint density at radius 2 is 1.60 bits per heavy atom. The van der Waals surface area contributed by atoms with Gasteiger partial charge in [0.15, 0.2) is 5.65 Å². The number of carbonyl (C=O) groups is 2. The molecule has 0 atom stereocenters. The number of fused-ring (bicyclic) bond motifs is 1. The van der Waals surface area contributed by atoms with Crippen LogP contribution in [0.4, 0.5) is 5.69 Å². The molecule has 1 aliphatic rings. The van der Waals surface area contributed by atoms with Crippen molar-refractivity contribution in [2.24, 2.45) is 7.05 Å². The molecule has 6 aromatic rings. The van der Waals surface area contributed by atoms with E-state index in [-0.39, 0.29) is 16.4 Å². The number of carbonyl (C=O) groups excluding carboxylic acids is 2. The minimum Gasteiger partial charge on any atom is -0.325 e. The molecule has 10 nitrogen and oxygen atoms in total. The van der Waals surface area contributed by atoms with Crippen LogP contribution in [0.3, 0.4) is 0 Å². The lowest BCUT2D eigenvalue weighted by Crippen LogP contribution is -2.30. The molecule has 1 N–H and O–H groups in total. The van der Waals surface area contributed by atoms with Gasteiger partial charge >= 0.3 is 0 Å². The number of aromatic nitrogens is 4. The first kappa shape index (κ1) is 30.3. The lowest BCUT2D eigenvalue weighted by atomic mass is 10.00. The number of nitrogens with zero attached hydrogens (tertiary/aromatic N) is 5. The van der Waals surface area contributed by atoms with E-state index in [9.17, 15) is 18.0 Å². The first-order chi connectivity index (χ1) is 22.8. The average molecular weight is 645 g/mol. The summed E-state index contributed by atoms with van der Waals surface area (Å²) in [6.07, 6.45) is 6.50. The van der Waals surface area contributed by atoms with Gasteiger partial charge in [-0.3, -0.25) is 19.2 Å². The highest BCUT2D eigenvalue weighted by Crippen LogP contribution is 2.39. The number of hydrogen-bond donors (Lipinski definition) is 1. The van der Waals surface area contributed by atoms with Gasteiger partial charge in [-0.25, -0.2) is 17.4 Å². The van der Waals surface area contributed by atoms with E-state index in [1.54, 1.807) is 65.5 Å². The van der Waals surface area contributed by atoms with Gasteiger partial charge in [0.1, 0.15) is 12.0 Å². The largest absolute Gasteiger partial charge is 0.325 e. The van der Waals surface area contributed by atoms with Crippen LogP contribution in [0.2, 0.25) is 0 Å². The van der Waals surface area contributed by atoms with Gasteiger partial charge in [-0.15, -0.1) is 0 Å². The summed E-state index contributed by atoms with van der Waals surface area (Å²) in [5.74, 6) is -0.0380. The van der Waals surface area contributed by atoms with E-state index in [2.05, 4.69) is 15.2 Å². The van der Waals surface area contributed by atoms with Gasteiger partial charge in [-0.2, -0.15) is 5.10 Å². The number of nitrogens with one attached hydrogen (secondary N) is 1. The lowest BCUT2D eigenvalue weighted by molar-refractivity contribution is -0.117. The van der Waals surface area contributed by atoms with Crippen molar-refractivity contribution in [1.29, 1.82) is 0 Å². The van der Waals surface area contributed by atoms with Gasteiger partial charge in [-0.1, -0.05) is 54.6 Å². The van der Waals surface area contributed by atoms with E-state index in [0.717, 1.165) is 48.9 Å². The summed E-state index contributed by atoms with van der Waals surface area (Å²) in [5, 5.41) is 8.39. The van der Waals surface area contributed by atoms with E-state index >= 15 is 0 Å². The first-order valence-electron chi connectivity index (χ1n) is 15.4. The summed E-state index contributed by atoms with van der Waals surface area (Å²) >= 11 is 0. The van der Waals surface area contributed by atoms with Crippen LogP contribution in [0.1, 0.15) is 23.2 Å². The van der Waals surface area contributed by atoms with Crippen LogP contribution in [-0.4, -0.2) is 63.9 Å². The van der Waals surface area contributed by atoms with E-state index < -0.39 is 10.0 Å². The molecule has 4 heterocycles. The summed E-state index contributed by atoms with van der Waals surface area (Å²) in [4.78, 5) is 30.8. The van der Waals surface area contributed by atoms with Crippen molar-refractivity contribution in [2.45, 2.75) is 17.7 Å². The molecule has 47 heavy (non-hydrogen) atoms. The maximum Gasteiger partial charge on any atom is 0.269 e. The number of benzene rings is 3. The zero-order chi connectivity index (χ0) is 32.5. The third-order valence-electron chi connectivity index (χ3n) is 8.41. The Morgan fingerprint density at radius 3 is 2.30 bits per heavy atom. The Balaban J connectivity index is 1.32. The van der Waals surface area contributed by atoms with E-state index in [4.69, 9.17) is 5.10 Å². The molecular formula is C36H32N6O4S. The summed E-state index contributed by atoms with van der Waals surface area (Å²) < 4.78 is 31.4. The van der Waals surface area contributed by atoms with Crippen LogP contribution >= 0.6 is 0 Å². The van der Waals surface area contributed by atoms with Gasteiger partial charge in [0.2, 0.25) is 5.91 Å². The monoisotopic (exact) mass is 644 g/mol. The normalized spacial score (nSPS) is 13.6. The number of likely N-dealkylation sites (tertiary alicyclic amines) is 1. The summed E-state index contributed by atoms with van der Waals surface area (Å²) in [7, 11) is -2.23. The lowest BCUT2D eigenvalue weighted by Gasteiger charge is -2.14. The number of rotatable bonds is 9. The molecule has 1 fully saturated rings. The molecule has 0 bridgehead atoms. The van der Waals surface area contributed by atoms with Crippen LogP contribution in [0.5, 0.6) is 0 Å². The van der Waals surface area contributed by atoms with Crippen LogP contribution in [0, 0.1) is 0 Å². The maximum absolute atomic E-state index is 14.2. The third kappa shape index (κ3) is 5.86. The second kappa shape index (κ2) is 12.4. The molecule has 0 saturated carbocycles. The molecule has 1 amide bonds. The Morgan fingerprint density at radius 1 is 0.894 bits per heavy atom. The molecule has 0 unspecified atom stereocenters. The van der Waals surface area contributed by atoms with Gasteiger partial charge < -0.3 is 5.32 Å². The smallest absolute Gasteiger partial charge is 0.269 e. The maximum atomic E-state index is 14.2. The Bertz CT molecular complexity index is 2200. The Hall–Kier alpha value is -5.39. The molecule has 1 saturated heterocycles. The molecule has 0 aliphatic carbocycles. The van der Waals surface area contributed by atoms with Crippen molar-refractivity contribution in [3.63, 3.8) is 0 Å². The van der Waals surface area contributed by atoms with E-state index in [1.807, 2.05) is 49.6 Å². The SMILES string of the molecule is Cn1cc(-c2ccnc3c2cc(-c2ccc(C=O)cc2)n3S(=O)(=O)c2ccccc2)c(-c2ccc(NC(=O)CN3CCCC3)cc2)n1. The molecule has 236 valence electrons. The molecule has 1 aliphatic heterocycles. The molecule has 3 aromatic heterocycles. The second-order valence-electron chi connectivity index (χ2n) is 11.6. The van der Waals surface area contributed by atoms with Crippen LogP contribution in [0.25, 0.3) is 44.7 Å². The fourth-order valence-corrected chi connectivity index (χ4v) is 7.64. The summed E-state index contributed by atoms with van der Waals surface area (Å²) in [5.41, 5.74) is 5.58. The highest BCUT2D eigenvalue weighted by atomic mass is 32.2. The standard InChI is InChI=1S/C36H32N6O4S/c1-40-22-32(35(39-40)27-13-15-28(16-14-27)38-34(44)23-41-19-5-6-20-41)30-17-18-37-36-31(30)21-33(26-11-9-25(24-43)10-12-26)42(36)47(45,46)29-7-3-2-4-8-29/h2-4,7-18,21-22,24H,5-6,19-20,23H2,1H3,(H,38,44). The van der Waals surface area contributed by atoms with Gasteiger partial charge in [-0.05, 0) is 73.5 Å². The van der Waals surface area contributed by atoms with Crippen molar-refractivity contribution in [3.8, 4) is 33.6 Å². The van der Waals surface area contributed by atoms with Crippen LogP contribution < -0.4 is 5.32 Å². The Kier molecular flexibility index (Phi) is 8.00. The van der Waals surface area contributed by atoms with Crippen molar-refractivity contribution >= 4 is 38.9 Å². The highest BCUT2D eigenvalue weighted by Gasteiger charge is 2.27. The van der Waals surface area contributed by atoms with Crippen molar-refractivity contribution in [1.82, 2.24) is 23.6 Å². The zero-order valence-electron chi connectivity index (χ0n) is 25.7. The summed E-state index contributed by atoms with van der Waals surface area (Å²) in [6, 6.07) is 26.3. The zero-order valence-corrected chi connectivity index (χ0v) is 26.5. The van der Waals surface area contributed by atoms with Crippen molar-refractivity contribution < 1.29 is 18.0 Å². The fraction of sp³-hybridized carbons (Fsp3) is 0.167. The first-order valence-corrected chi connectivity index (χ1v) is 16.8. The van der Waals surface area contributed by atoms with Crippen LogP contribution in [-0.2, 0) is 21.9 Å². The van der Waals surface area contributed by atoms with Crippen molar-refractivity contribution in [2.75, 3.05) is 25.0 Å². The molecule has 7 rings (SSSR count). The molecule has 0 spiro atoms. The number of anilines is 1. The quantitative estimate of drug-likeness (QED) is 0.196. The van der Waals surface area contributed by atoms with Crippen LogP contribution in [0.15, 0.2) is 108 Å². The number of pyridine rings is 1.